The number of Topliss-reactive ketones (excluding diaryl/α,β-unsaturated/α-hetero) is 1. The maximum absolute atomic E-state index is 16.2. The molecule has 8 rings (SSSR count). The first-order valence-corrected chi connectivity index (χ1v) is 17.6. The van der Waals surface area contributed by atoms with Crippen molar-refractivity contribution < 1.29 is 33.4 Å². The fourth-order valence-corrected chi connectivity index (χ4v) is 9.00. The number of nitrogens with zero attached hydrogens (tertiary/aromatic N) is 1. The first kappa shape index (κ1) is 33.8. The molecule has 5 aromatic rings. The maximum atomic E-state index is 16.2. The number of anilines is 1. The molecule has 1 heterocycles. The number of amides is 2. The van der Waals surface area contributed by atoms with Gasteiger partial charge >= 0.3 is 5.97 Å². The molecule has 8 heteroatoms. The Morgan fingerprint density at radius 3 is 1.42 bits per heavy atom. The molecule has 1 saturated carbocycles. The van der Waals surface area contributed by atoms with Crippen LogP contribution >= 0.6 is 0 Å². The van der Waals surface area contributed by atoms with Gasteiger partial charge in [-0.3, -0.25) is 14.4 Å². The lowest BCUT2D eigenvalue weighted by atomic mass is 9.59. The summed E-state index contributed by atoms with van der Waals surface area (Å²) in [6.07, 6.45) is -0.431. The van der Waals surface area contributed by atoms with Gasteiger partial charge in [0.2, 0.25) is 11.8 Å². The standard InChI is InChI=1S/C45H37NO7/c1-27(2)53-42(49)34-17-11-12-18-35(34)46-40(47)38-39(41(46)48)45(31-15-9-6-10-16-31)37(29-21-25-33(52-4)26-22-29)36(28-19-23-32(51-3)24-20-28)44(38,43(45)50)30-13-7-5-8-14-30/h5-27,38-39H,1-4H3/t38-,39+,44-,45-/m1/s1. The molecule has 264 valence electrons. The van der Waals surface area contributed by atoms with E-state index in [4.69, 9.17) is 14.2 Å². The normalized spacial score (nSPS) is 23.1. The highest BCUT2D eigenvalue weighted by molar-refractivity contribution is 6.39. The number of imide groups is 1. The lowest BCUT2D eigenvalue weighted by molar-refractivity contribution is -0.130. The summed E-state index contributed by atoms with van der Waals surface area (Å²) in [5, 5.41) is 0. The minimum atomic E-state index is -1.61. The first-order valence-electron chi connectivity index (χ1n) is 17.6. The Morgan fingerprint density at radius 2 is 1.00 bits per heavy atom. The fraction of sp³-hybridized carbons (Fsp3) is 0.200. The third kappa shape index (κ3) is 4.68. The van der Waals surface area contributed by atoms with Gasteiger partial charge in [0.05, 0.1) is 54.2 Å². The minimum Gasteiger partial charge on any atom is -0.497 e. The summed E-state index contributed by atoms with van der Waals surface area (Å²) in [6.45, 7) is 3.47. The third-order valence-electron chi connectivity index (χ3n) is 10.9. The van der Waals surface area contributed by atoms with E-state index in [9.17, 15) is 4.79 Å². The molecule has 53 heavy (non-hydrogen) atoms. The molecule has 4 atom stereocenters. The molecule has 0 N–H and O–H groups in total. The van der Waals surface area contributed by atoms with Gasteiger partial charge in [-0.1, -0.05) is 97.1 Å². The summed E-state index contributed by atoms with van der Waals surface area (Å²) in [4.78, 5) is 61.6. The van der Waals surface area contributed by atoms with Crippen molar-refractivity contribution in [2.24, 2.45) is 11.8 Å². The zero-order valence-electron chi connectivity index (χ0n) is 29.7. The summed E-state index contributed by atoms with van der Waals surface area (Å²) in [5.74, 6) is -3.07. The molecule has 0 unspecified atom stereocenters. The molecule has 2 aliphatic carbocycles. The van der Waals surface area contributed by atoms with Gasteiger partial charge < -0.3 is 14.2 Å². The summed E-state index contributed by atoms with van der Waals surface area (Å²) in [5.41, 5.74) is 0.894. The molecule has 2 bridgehead atoms. The highest BCUT2D eigenvalue weighted by Gasteiger charge is 2.82. The zero-order valence-corrected chi connectivity index (χ0v) is 29.7. The number of methoxy groups -OCH3 is 2. The average Bonchev–Trinajstić information content (AvgIpc) is 3.70. The number of hydrogen-bond donors (Lipinski definition) is 0. The highest BCUT2D eigenvalue weighted by atomic mass is 16.5. The van der Waals surface area contributed by atoms with Gasteiger partial charge in [-0.25, -0.2) is 9.69 Å². The molecule has 5 aromatic carbocycles. The SMILES string of the molecule is COc1ccc(C2=C(c3ccc(OC)cc3)[C@@]3(c4ccccc4)C(=O)[C@@]2(c2ccccc2)[C@@H]2C(=O)N(c4ccccc4C(=O)OC(C)C)C(=O)[C@@H]23)cc1. The Hall–Kier alpha value is -6.28. The van der Waals surface area contributed by atoms with Crippen LogP contribution in [0.15, 0.2) is 133 Å². The summed E-state index contributed by atoms with van der Waals surface area (Å²) < 4.78 is 16.6. The predicted octanol–water partition coefficient (Wildman–Crippen LogP) is 7.46. The minimum absolute atomic E-state index is 0.0859. The van der Waals surface area contributed by atoms with Crippen molar-refractivity contribution in [3.8, 4) is 11.5 Å². The molecule has 3 aliphatic rings. The van der Waals surface area contributed by atoms with Crippen LogP contribution in [0.4, 0.5) is 5.69 Å². The maximum Gasteiger partial charge on any atom is 0.340 e. The van der Waals surface area contributed by atoms with E-state index in [1.807, 2.05) is 109 Å². The van der Waals surface area contributed by atoms with Gasteiger partial charge in [-0.05, 0) is 83.6 Å². The number of para-hydroxylation sites is 1. The van der Waals surface area contributed by atoms with Crippen LogP contribution in [0.25, 0.3) is 11.1 Å². The third-order valence-corrected chi connectivity index (χ3v) is 10.9. The Bertz CT molecular complexity index is 2170. The van der Waals surface area contributed by atoms with Gasteiger partial charge in [-0.2, -0.15) is 0 Å². The smallest absolute Gasteiger partial charge is 0.340 e. The quantitative estimate of drug-likeness (QED) is 0.116. The highest BCUT2D eigenvalue weighted by Crippen LogP contribution is 2.74. The number of rotatable bonds is 9. The van der Waals surface area contributed by atoms with Crippen molar-refractivity contribution in [3.63, 3.8) is 0 Å². The Balaban J connectivity index is 1.50. The van der Waals surface area contributed by atoms with E-state index in [1.54, 1.807) is 52.3 Å². The van der Waals surface area contributed by atoms with Crippen LogP contribution in [-0.2, 0) is 30.0 Å². The van der Waals surface area contributed by atoms with E-state index in [0.717, 1.165) is 4.90 Å². The van der Waals surface area contributed by atoms with Crippen LogP contribution < -0.4 is 14.4 Å². The van der Waals surface area contributed by atoms with E-state index in [-0.39, 0.29) is 17.0 Å². The number of ether oxygens (including phenoxy) is 3. The van der Waals surface area contributed by atoms with E-state index < -0.39 is 46.6 Å². The van der Waals surface area contributed by atoms with Gasteiger partial charge in [0.1, 0.15) is 11.5 Å². The second-order valence-corrected chi connectivity index (χ2v) is 13.8. The molecule has 0 spiro atoms. The van der Waals surface area contributed by atoms with Crippen LogP contribution in [0.3, 0.4) is 0 Å². The average molecular weight is 704 g/mol. The number of ketones is 1. The van der Waals surface area contributed by atoms with Crippen molar-refractivity contribution in [3.05, 3.63) is 161 Å². The second-order valence-electron chi connectivity index (χ2n) is 13.8. The van der Waals surface area contributed by atoms with Crippen LogP contribution in [0.2, 0.25) is 0 Å². The van der Waals surface area contributed by atoms with Crippen LogP contribution in [-0.4, -0.2) is 43.9 Å². The van der Waals surface area contributed by atoms with Gasteiger partial charge in [0.15, 0.2) is 5.78 Å². The number of hydrogen-bond acceptors (Lipinski definition) is 7. The number of allylic oxidation sites excluding steroid dienone is 2. The predicted molar refractivity (Wildman–Crippen MR) is 201 cm³/mol. The van der Waals surface area contributed by atoms with Crippen molar-refractivity contribution in [1.82, 2.24) is 0 Å². The molecule has 1 saturated heterocycles. The van der Waals surface area contributed by atoms with E-state index in [0.29, 0.717) is 44.9 Å². The molecule has 2 amide bonds. The number of carbonyl (C=O) groups is 4. The lowest BCUT2D eigenvalue weighted by Crippen LogP contribution is -2.46. The molecule has 2 fully saturated rings. The first-order chi connectivity index (χ1) is 25.7. The molecular weight excluding hydrogens is 666 g/mol. The van der Waals surface area contributed by atoms with Crippen LogP contribution in [0.5, 0.6) is 11.5 Å². The summed E-state index contributed by atoms with van der Waals surface area (Å²) in [7, 11) is 3.18. The second kappa shape index (κ2) is 12.7. The molecule has 8 nitrogen and oxygen atoms in total. The van der Waals surface area contributed by atoms with Crippen molar-refractivity contribution in [2.75, 3.05) is 19.1 Å². The molecule has 0 radical (unpaired) electrons. The zero-order chi connectivity index (χ0) is 37.1. The van der Waals surface area contributed by atoms with Gasteiger partial charge in [-0.15, -0.1) is 0 Å². The van der Waals surface area contributed by atoms with Crippen LogP contribution in [0.1, 0.15) is 46.5 Å². The van der Waals surface area contributed by atoms with Crippen molar-refractivity contribution >= 4 is 40.4 Å². The summed E-state index contributed by atoms with van der Waals surface area (Å²) in [6, 6.07) is 40.0. The Morgan fingerprint density at radius 1 is 0.585 bits per heavy atom. The van der Waals surface area contributed by atoms with E-state index in [1.165, 1.54) is 0 Å². The molecule has 0 aromatic heterocycles. The topological polar surface area (TPSA) is 99.2 Å². The van der Waals surface area contributed by atoms with Crippen LogP contribution in [0, 0.1) is 11.8 Å². The fourth-order valence-electron chi connectivity index (χ4n) is 9.00. The molecule has 1 aliphatic heterocycles. The molecular formula is C45H37NO7. The number of benzene rings is 5. The number of carbonyl (C=O) groups excluding carboxylic acids is 4. The van der Waals surface area contributed by atoms with Crippen molar-refractivity contribution in [2.45, 2.75) is 30.8 Å². The number of fused-ring (bicyclic) bond motifs is 5. The largest absolute Gasteiger partial charge is 0.497 e. The Labute approximate surface area is 307 Å². The number of esters is 1. The lowest BCUT2D eigenvalue weighted by Gasteiger charge is -2.39. The van der Waals surface area contributed by atoms with Gasteiger partial charge in [0.25, 0.3) is 0 Å². The van der Waals surface area contributed by atoms with E-state index >= 15 is 14.4 Å². The Kier molecular flexibility index (Phi) is 8.13. The summed E-state index contributed by atoms with van der Waals surface area (Å²) >= 11 is 0. The monoisotopic (exact) mass is 703 g/mol. The van der Waals surface area contributed by atoms with E-state index in [2.05, 4.69) is 0 Å². The van der Waals surface area contributed by atoms with Crippen molar-refractivity contribution in [1.29, 1.82) is 0 Å². The van der Waals surface area contributed by atoms with Gasteiger partial charge in [0, 0.05) is 0 Å².